The summed E-state index contributed by atoms with van der Waals surface area (Å²) < 4.78 is 0. The molecular weight excluding hydrogens is 196 g/mol. The van der Waals surface area contributed by atoms with Crippen molar-refractivity contribution in [1.82, 2.24) is 5.32 Å². The summed E-state index contributed by atoms with van der Waals surface area (Å²) in [6.07, 6.45) is 8.11. The summed E-state index contributed by atoms with van der Waals surface area (Å²) in [5.74, 6) is 0.938. The molecule has 1 fully saturated rings. The van der Waals surface area contributed by atoms with E-state index in [1.165, 1.54) is 32.1 Å². The average Bonchev–Trinajstić information content (AvgIpc) is 2.69. The van der Waals surface area contributed by atoms with Crippen LogP contribution in [0.25, 0.3) is 0 Å². The molecule has 2 heteroatoms. The van der Waals surface area contributed by atoms with Gasteiger partial charge in [0.05, 0.1) is 0 Å². The van der Waals surface area contributed by atoms with Gasteiger partial charge in [-0.05, 0) is 50.5 Å². The molecule has 0 radical (unpaired) electrons. The largest absolute Gasteiger partial charge is 0.328 e. The molecule has 3 N–H and O–H groups in total. The summed E-state index contributed by atoms with van der Waals surface area (Å²) in [6, 6.07) is 0.352. The Kier molecular flexibility index (Phi) is 5.77. The van der Waals surface area contributed by atoms with Gasteiger partial charge >= 0.3 is 0 Å². The number of hydrogen-bond acceptors (Lipinski definition) is 2. The van der Waals surface area contributed by atoms with Crippen LogP contribution in [0.1, 0.15) is 59.3 Å². The standard InChI is InChI=1S/C14H30N2/c1-12(15)7-6-10-16-11-14(2,3)13-8-4-5-9-13/h12-13,16H,4-11,15H2,1-3H3. The van der Waals surface area contributed by atoms with Gasteiger partial charge in [-0.3, -0.25) is 0 Å². The minimum atomic E-state index is 0.352. The van der Waals surface area contributed by atoms with Crippen LogP contribution in [0.3, 0.4) is 0 Å². The molecule has 96 valence electrons. The van der Waals surface area contributed by atoms with Gasteiger partial charge in [-0.2, -0.15) is 0 Å². The van der Waals surface area contributed by atoms with Gasteiger partial charge in [0, 0.05) is 12.6 Å². The predicted octanol–water partition coefficient (Wildman–Crippen LogP) is 2.92. The Hall–Kier alpha value is -0.0800. The van der Waals surface area contributed by atoms with E-state index in [0.29, 0.717) is 11.5 Å². The Labute approximate surface area is 101 Å². The van der Waals surface area contributed by atoms with Gasteiger partial charge in [-0.15, -0.1) is 0 Å². The molecule has 1 unspecified atom stereocenters. The average molecular weight is 226 g/mol. The van der Waals surface area contributed by atoms with Gasteiger partial charge in [-0.25, -0.2) is 0 Å². The molecule has 0 saturated heterocycles. The Morgan fingerprint density at radius 2 is 1.94 bits per heavy atom. The first-order chi connectivity index (χ1) is 7.52. The fraction of sp³-hybridized carbons (Fsp3) is 1.00. The SMILES string of the molecule is CC(N)CCCNCC(C)(C)C1CCCC1. The molecule has 1 atom stereocenters. The van der Waals surface area contributed by atoms with E-state index in [1.807, 2.05) is 0 Å². The molecule has 1 aliphatic carbocycles. The Balaban J connectivity index is 2.10. The fourth-order valence-electron chi connectivity index (χ4n) is 2.81. The van der Waals surface area contributed by atoms with Gasteiger partial charge in [0.15, 0.2) is 0 Å². The van der Waals surface area contributed by atoms with E-state index < -0.39 is 0 Å². The third kappa shape index (κ3) is 4.84. The molecule has 1 aliphatic rings. The van der Waals surface area contributed by atoms with E-state index in [0.717, 1.165) is 25.4 Å². The van der Waals surface area contributed by atoms with Crippen LogP contribution in [0.15, 0.2) is 0 Å². The maximum Gasteiger partial charge on any atom is 0.00109 e. The van der Waals surface area contributed by atoms with Crippen LogP contribution in [-0.2, 0) is 0 Å². The number of hydrogen-bond donors (Lipinski definition) is 2. The molecule has 0 aromatic carbocycles. The minimum absolute atomic E-state index is 0.352. The van der Waals surface area contributed by atoms with Crippen molar-refractivity contribution in [3.63, 3.8) is 0 Å². The molecular formula is C14H30N2. The van der Waals surface area contributed by atoms with Crippen LogP contribution in [0.2, 0.25) is 0 Å². The lowest BCUT2D eigenvalue weighted by Gasteiger charge is -2.32. The highest BCUT2D eigenvalue weighted by Gasteiger charge is 2.31. The van der Waals surface area contributed by atoms with Gasteiger partial charge in [-0.1, -0.05) is 26.7 Å². The van der Waals surface area contributed by atoms with E-state index >= 15 is 0 Å². The van der Waals surface area contributed by atoms with Crippen LogP contribution in [0.5, 0.6) is 0 Å². The van der Waals surface area contributed by atoms with Crippen molar-refractivity contribution in [2.75, 3.05) is 13.1 Å². The topological polar surface area (TPSA) is 38.0 Å². The van der Waals surface area contributed by atoms with Crippen molar-refractivity contribution in [3.8, 4) is 0 Å². The molecule has 0 spiro atoms. The normalized spacial score (nSPS) is 20.2. The lowest BCUT2D eigenvalue weighted by atomic mass is 9.78. The van der Waals surface area contributed by atoms with Crippen molar-refractivity contribution in [3.05, 3.63) is 0 Å². The highest BCUT2D eigenvalue weighted by atomic mass is 14.9. The second-order valence-corrected chi connectivity index (χ2v) is 6.27. The van der Waals surface area contributed by atoms with Crippen LogP contribution in [-0.4, -0.2) is 19.1 Å². The Morgan fingerprint density at radius 1 is 1.31 bits per heavy atom. The first kappa shape index (κ1) is 14.0. The molecule has 2 nitrogen and oxygen atoms in total. The molecule has 0 aromatic rings. The van der Waals surface area contributed by atoms with Crippen molar-refractivity contribution in [1.29, 1.82) is 0 Å². The first-order valence-corrected chi connectivity index (χ1v) is 6.98. The van der Waals surface area contributed by atoms with E-state index in [1.54, 1.807) is 0 Å². The Morgan fingerprint density at radius 3 is 2.50 bits per heavy atom. The summed E-state index contributed by atoms with van der Waals surface area (Å²) in [5, 5.41) is 3.60. The van der Waals surface area contributed by atoms with Crippen LogP contribution in [0, 0.1) is 11.3 Å². The zero-order valence-electron chi connectivity index (χ0n) is 11.4. The van der Waals surface area contributed by atoms with Gasteiger partial charge in [0.2, 0.25) is 0 Å². The lowest BCUT2D eigenvalue weighted by molar-refractivity contribution is 0.208. The summed E-state index contributed by atoms with van der Waals surface area (Å²) in [7, 11) is 0. The lowest BCUT2D eigenvalue weighted by Crippen LogP contribution is -2.35. The Bertz CT molecular complexity index is 181. The molecule has 0 aromatic heterocycles. The zero-order valence-corrected chi connectivity index (χ0v) is 11.4. The molecule has 1 saturated carbocycles. The van der Waals surface area contributed by atoms with E-state index in [4.69, 9.17) is 5.73 Å². The molecule has 0 amide bonds. The quantitative estimate of drug-likeness (QED) is 0.655. The fourth-order valence-corrected chi connectivity index (χ4v) is 2.81. The molecule has 0 bridgehead atoms. The molecule has 0 heterocycles. The first-order valence-electron chi connectivity index (χ1n) is 6.98. The van der Waals surface area contributed by atoms with Crippen molar-refractivity contribution < 1.29 is 0 Å². The van der Waals surface area contributed by atoms with Crippen LogP contribution < -0.4 is 11.1 Å². The molecule has 16 heavy (non-hydrogen) atoms. The third-order valence-electron chi connectivity index (χ3n) is 4.05. The smallest absolute Gasteiger partial charge is 0.00109 e. The van der Waals surface area contributed by atoms with Gasteiger partial charge in [0.1, 0.15) is 0 Å². The predicted molar refractivity (Wildman–Crippen MR) is 71.5 cm³/mol. The van der Waals surface area contributed by atoms with Crippen LogP contribution in [0.4, 0.5) is 0 Å². The highest BCUT2D eigenvalue weighted by Crippen LogP contribution is 2.38. The molecule has 0 aliphatic heterocycles. The summed E-state index contributed by atoms with van der Waals surface area (Å²) in [5.41, 5.74) is 6.21. The van der Waals surface area contributed by atoms with Crippen molar-refractivity contribution in [2.45, 2.75) is 65.3 Å². The second kappa shape index (κ2) is 6.61. The van der Waals surface area contributed by atoms with Crippen molar-refractivity contribution in [2.24, 2.45) is 17.1 Å². The maximum absolute atomic E-state index is 5.73. The number of rotatable bonds is 7. The second-order valence-electron chi connectivity index (χ2n) is 6.27. The third-order valence-corrected chi connectivity index (χ3v) is 4.05. The summed E-state index contributed by atoms with van der Waals surface area (Å²) in [6.45, 7) is 9.21. The van der Waals surface area contributed by atoms with Gasteiger partial charge in [0.25, 0.3) is 0 Å². The van der Waals surface area contributed by atoms with Gasteiger partial charge < -0.3 is 11.1 Å². The maximum atomic E-state index is 5.73. The highest BCUT2D eigenvalue weighted by molar-refractivity contribution is 4.83. The van der Waals surface area contributed by atoms with Crippen molar-refractivity contribution >= 4 is 0 Å². The summed E-state index contributed by atoms with van der Waals surface area (Å²) in [4.78, 5) is 0. The van der Waals surface area contributed by atoms with E-state index in [9.17, 15) is 0 Å². The van der Waals surface area contributed by atoms with Crippen LogP contribution >= 0.6 is 0 Å². The zero-order chi connectivity index (χ0) is 12.0. The molecule has 1 rings (SSSR count). The monoisotopic (exact) mass is 226 g/mol. The van der Waals surface area contributed by atoms with E-state index in [-0.39, 0.29) is 0 Å². The number of nitrogens with one attached hydrogen (secondary N) is 1. The number of nitrogens with two attached hydrogens (primary N) is 1. The van der Waals surface area contributed by atoms with E-state index in [2.05, 4.69) is 26.1 Å². The minimum Gasteiger partial charge on any atom is -0.328 e. The summed E-state index contributed by atoms with van der Waals surface area (Å²) >= 11 is 0.